The molecule has 140 valence electrons. The van der Waals surface area contributed by atoms with Crippen molar-refractivity contribution in [3.63, 3.8) is 0 Å². The zero-order valence-corrected chi connectivity index (χ0v) is 17.0. The zero-order chi connectivity index (χ0) is 19.0. The van der Waals surface area contributed by atoms with Gasteiger partial charge in [0.1, 0.15) is 5.00 Å². The number of fused-ring (bicyclic) bond motifs is 1. The second-order valence-electron chi connectivity index (χ2n) is 7.93. The quantitative estimate of drug-likeness (QED) is 0.783. The molecule has 25 heavy (non-hydrogen) atoms. The Bertz CT molecular complexity index is 677. The zero-order valence-electron chi connectivity index (χ0n) is 16.2. The van der Waals surface area contributed by atoms with E-state index in [1.165, 1.54) is 11.3 Å². The fourth-order valence-electron chi connectivity index (χ4n) is 3.49. The van der Waals surface area contributed by atoms with E-state index in [1.807, 2.05) is 14.1 Å². The van der Waals surface area contributed by atoms with Crippen LogP contribution in [0.2, 0.25) is 0 Å². The normalized spacial score (nSPS) is 17.9. The molecular formula is C18H29N3O3S. The number of hydrogen-bond acceptors (Lipinski definition) is 6. The summed E-state index contributed by atoms with van der Waals surface area (Å²) in [6, 6.07) is 0. The van der Waals surface area contributed by atoms with Gasteiger partial charge in [-0.1, -0.05) is 0 Å². The molecular weight excluding hydrogens is 338 g/mol. The molecule has 1 aliphatic heterocycles. The predicted octanol–water partition coefficient (Wildman–Crippen LogP) is 2.58. The van der Waals surface area contributed by atoms with Crippen LogP contribution in [-0.2, 0) is 21.5 Å². The number of esters is 1. The van der Waals surface area contributed by atoms with Crippen LogP contribution >= 0.6 is 11.3 Å². The first kappa shape index (κ1) is 19.9. The lowest BCUT2D eigenvalue weighted by Gasteiger charge is -2.42. The smallest absolute Gasteiger partial charge is 0.341 e. The number of carbonyl (C=O) groups is 2. The van der Waals surface area contributed by atoms with Crippen LogP contribution in [0.5, 0.6) is 0 Å². The lowest BCUT2D eigenvalue weighted by atomic mass is 9.81. The molecule has 0 aromatic carbocycles. The summed E-state index contributed by atoms with van der Waals surface area (Å²) >= 11 is 1.47. The molecule has 2 heterocycles. The summed E-state index contributed by atoms with van der Waals surface area (Å²) in [4.78, 5) is 27.7. The summed E-state index contributed by atoms with van der Waals surface area (Å²) < 4.78 is 5.28. The van der Waals surface area contributed by atoms with Crippen molar-refractivity contribution in [3.05, 3.63) is 16.0 Å². The molecule has 0 bridgehead atoms. The Kier molecular flexibility index (Phi) is 5.61. The van der Waals surface area contributed by atoms with E-state index in [0.717, 1.165) is 10.4 Å². The van der Waals surface area contributed by atoms with Crippen LogP contribution in [0.3, 0.4) is 0 Å². The summed E-state index contributed by atoms with van der Waals surface area (Å²) in [6.07, 6.45) is 0.708. The third-order valence-corrected chi connectivity index (χ3v) is 5.51. The number of anilines is 1. The van der Waals surface area contributed by atoms with Crippen LogP contribution in [0.4, 0.5) is 5.00 Å². The summed E-state index contributed by atoms with van der Waals surface area (Å²) in [5.41, 5.74) is 1.06. The molecule has 7 heteroatoms. The van der Waals surface area contributed by atoms with E-state index in [9.17, 15) is 9.59 Å². The van der Waals surface area contributed by atoms with Crippen LogP contribution < -0.4 is 10.6 Å². The third-order valence-electron chi connectivity index (χ3n) is 4.04. The first-order valence-corrected chi connectivity index (χ1v) is 9.35. The maximum Gasteiger partial charge on any atom is 0.341 e. The van der Waals surface area contributed by atoms with Gasteiger partial charge in [0.05, 0.1) is 18.7 Å². The SMILES string of the molecule is CCOC(=O)c1c(NC(=O)CN(C)C)sc2c1CC(C)(C)NC2(C)C. The number of carbonyl (C=O) groups excluding carboxylic acids is 2. The van der Waals surface area contributed by atoms with Gasteiger partial charge in [-0.05, 0) is 60.7 Å². The van der Waals surface area contributed by atoms with Gasteiger partial charge in [-0.3, -0.25) is 4.79 Å². The lowest BCUT2D eigenvalue weighted by Crippen LogP contribution is -2.55. The molecule has 1 aliphatic rings. The number of likely N-dealkylation sites (N-methyl/N-ethyl adjacent to an activating group) is 1. The molecule has 2 rings (SSSR count). The maximum atomic E-state index is 12.6. The van der Waals surface area contributed by atoms with Crippen molar-refractivity contribution in [1.29, 1.82) is 0 Å². The van der Waals surface area contributed by atoms with Crippen LogP contribution in [0.25, 0.3) is 0 Å². The van der Waals surface area contributed by atoms with Crippen LogP contribution in [0.1, 0.15) is 55.4 Å². The Hall–Kier alpha value is -1.44. The van der Waals surface area contributed by atoms with Gasteiger partial charge in [-0.2, -0.15) is 0 Å². The monoisotopic (exact) mass is 367 g/mol. The van der Waals surface area contributed by atoms with E-state index >= 15 is 0 Å². The fourth-order valence-corrected chi connectivity index (χ4v) is 4.77. The first-order valence-electron chi connectivity index (χ1n) is 8.54. The molecule has 0 saturated heterocycles. The number of amides is 1. The Morgan fingerprint density at radius 1 is 1.28 bits per heavy atom. The highest BCUT2D eigenvalue weighted by atomic mass is 32.1. The predicted molar refractivity (Wildman–Crippen MR) is 101 cm³/mol. The maximum absolute atomic E-state index is 12.6. The average molecular weight is 368 g/mol. The van der Waals surface area contributed by atoms with Gasteiger partial charge in [0, 0.05) is 16.0 Å². The van der Waals surface area contributed by atoms with E-state index in [0.29, 0.717) is 23.6 Å². The third kappa shape index (κ3) is 4.40. The van der Waals surface area contributed by atoms with E-state index < -0.39 is 0 Å². The van der Waals surface area contributed by atoms with Gasteiger partial charge in [-0.15, -0.1) is 11.3 Å². The molecule has 0 saturated carbocycles. The van der Waals surface area contributed by atoms with Crippen molar-refractivity contribution in [2.24, 2.45) is 0 Å². The number of nitrogens with zero attached hydrogens (tertiary/aromatic N) is 1. The molecule has 0 aliphatic carbocycles. The minimum Gasteiger partial charge on any atom is -0.462 e. The molecule has 0 radical (unpaired) electrons. The summed E-state index contributed by atoms with van der Waals surface area (Å²) in [6.45, 7) is 10.8. The van der Waals surface area contributed by atoms with Crippen molar-refractivity contribution in [3.8, 4) is 0 Å². The van der Waals surface area contributed by atoms with Crippen LogP contribution in [-0.4, -0.2) is 49.6 Å². The van der Waals surface area contributed by atoms with Crippen molar-refractivity contribution in [1.82, 2.24) is 10.2 Å². The van der Waals surface area contributed by atoms with Crippen LogP contribution in [0, 0.1) is 0 Å². The van der Waals surface area contributed by atoms with Crippen molar-refractivity contribution in [2.75, 3.05) is 32.6 Å². The van der Waals surface area contributed by atoms with E-state index in [4.69, 9.17) is 4.74 Å². The highest BCUT2D eigenvalue weighted by molar-refractivity contribution is 7.17. The summed E-state index contributed by atoms with van der Waals surface area (Å²) in [5, 5.41) is 7.12. The molecule has 0 fully saturated rings. The minimum atomic E-state index is -0.367. The molecule has 1 amide bonds. The number of thiophene rings is 1. The number of nitrogens with one attached hydrogen (secondary N) is 2. The first-order chi connectivity index (χ1) is 11.5. The molecule has 0 unspecified atom stereocenters. The average Bonchev–Trinajstić information content (AvgIpc) is 2.74. The van der Waals surface area contributed by atoms with E-state index in [1.54, 1.807) is 11.8 Å². The largest absolute Gasteiger partial charge is 0.462 e. The molecule has 1 aromatic heterocycles. The van der Waals surface area contributed by atoms with Gasteiger partial charge in [0.15, 0.2) is 0 Å². The minimum absolute atomic E-state index is 0.140. The molecule has 6 nitrogen and oxygen atoms in total. The second-order valence-corrected chi connectivity index (χ2v) is 8.95. The van der Waals surface area contributed by atoms with Gasteiger partial charge in [0.25, 0.3) is 0 Å². The number of rotatable bonds is 5. The van der Waals surface area contributed by atoms with Gasteiger partial charge in [0.2, 0.25) is 5.91 Å². The van der Waals surface area contributed by atoms with E-state index in [2.05, 4.69) is 38.3 Å². The van der Waals surface area contributed by atoms with E-state index in [-0.39, 0.29) is 29.5 Å². The molecule has 1 aromatic rings. The Balaban J connectivity index is 2.51. The van der Waals surface area contributed by atoms with Gasteiger partial charge >= 0.3 is 5.97 Å². The number of hydrogen-bond donors (Lipinski definition) is 2. The second kappa shape index (κ2) is 7.05. The molecule has 2 N–H and O–H groups in total. The standard InChI is InChI=1S/C18H29N3O3S/c1-8-24-16(23)13-11-9-17(2,3)20-18(4,5)14(11)25-15(13)19-12(22)10-21(6)7/h20H,8-10H2,1-7H3,(H,19,22). The number of ether oxygens (including phenoxy) is 1. The Morgan fingerprint density at radius 2 is 1.92 bits per heavy atom. The lowest BCUT2D eigenvalue weighted by molar-refractivity contribution is -0.116. The highest BCUT2D eigenvalue weighted by Crippen LogP contribution is 2.45. The Morgan fingerprint density at radius 3 is 2.48 bits per heavy atom. The molecule has 0 spiro atoms. The fraction of sp³-hybridized carbons (Fsp3) is 0.667. The van der Waals surface area contributed by atoms with Crippen LogP contribution in [0.15, 0.2) is 0 Å². The van der Waals surface area contributed by atoms with Crippen molar-refractivity contribution in [2.45, 2.75) is 52.1 Å². The van der Waals surface area contributed by atoms with Gasteiger partial charge in [-0.25, -0.2) is 4.79 Å². The van der Waals surface area contributed by atoms with Crippen molar-refractivity contribution < 1.29 is 14.3 Å². The highest BCUT2D eigenvalue weighted by Gasteiger charge is 2.42. The summed E-state index contributed by atoms with van der Waals surface area (Å²) in [7, 11) is 3.67. The van der Waals surface area contributed by atoms with Gasteiger partial charge < -0.3 is 20.3 Å². The van der Waals surface area contributed by atoms with Crippen molar-refractivity contribution >= 4 is 28.2 Å². The topological polar surface area (TPSA) is 70.7 Å². The molecule has 0 atom stereocenters. The summed E-state index contributed by atoms with van der Waals surface area (Å²) in [5.74, 6) is -0.507. The Labute approximate surface area is 153 Å².